The molecule has 1 rings (SSSR count). The van der Waals surface area contributed by atoms with E-state index in [1.807, 2.05) is 6.92 Å². The van der Waals surface area contributed by atoms with Gasteiger partial charge in [0.05, 0.1) is 12.2 Å². The molecule has 0 amide bonds. The Bertz CT molecular complexity index is 138. The van der Waals surface area contributed by atoms with Crippen molar-refractivity contribution in [2.24, 2.45) is 0 Å². The van der Waals surface area contributed by atoms with E-state index >= 15 is 0 Å². The van der Waals surface area contributed by atoms with Gasteiger partial charge >= 0.3 is 0 Å². The average Bonchev–Trinajstić information content (AvgIpc) is 2.40. The monoisotopic (exact) mass is 174 g/mol. The Morgan fingerprint density at radius 1 is 1.17 bits per heavy atom. The van der Waals surface area contributed by atoms with Crippen molar-refractivity contribution >= 4 is 0 Å². The predicted molar refractivity (Wildman–Crippen MR) is 46.2 cm³/mol. The molecule has 0 spiro atoms. The van der Waals surface area contributed by atoms with Crippen LogP contribution in [0, 0.1) is 0 Å². The molecule has 0 aromatic heterocycles. The summed E-state index contributed by atoms with van der Waals surface area (Å²) in [7, 11) is 3.41. The van der Waals surface area contributed by atoms with E-state index in [9.17, 15) is 0 Å². The molecule has 1 saturated heterocycles. The van der Waals surface area contributed by atoms with E-state index in [1.54, 1.807) is 14.2 Å². The van der Waals surface area contributed by atoms with Crippen molar-refractivity contribution in [3.63, 3.8) is 0 Å². The van der Waals surface area contributed by atoms with Crippen molar-refractivity contribution in [3.05, 3.63) is 0 Å². The maximum atomic E-state index is 5.67. The molecular weight excluding hydrogens is 156 g/mol. The molecule has 4 atom stereocenters. The van der Waals surface area contributed by atoms with Gasteiger partial charge in [0.2, 0.25) is 0 Å². The van der Waals surface area contributed by atoms with Crippen molar-refractivity contribution in [2.45, 2.75) is 44.7 Å². The lowest BCUT2D eigenvalue weighted by Crippen LogP contribution is -2.35. The second-order valence-electron chi connectivity index (χ2n) is 3.19. The maximum Gasteiger partial charge on any atom is 0.112 e. The Morgan fingerprint density at radius 2 is 1.75 bits per heavy atom. The van der Waals surface area contributed by atoms with Crippen LogP contribution < -0.4 is 0 Å². The van der Waals surface area contributed by atoms with Gasteiger partial charge in [0.1, 0.15) is 12.2 Å². The van der Waals surface area contributed by atoms with Crippen LogP contribution >= 0.6 is 0 Å². The lowest BCUT2D eigenvalue weighted by atomic mass is 10.1. The van der Waals surface area contributed by atoms with Crippen LogP contribution in [0.3, 0.4) is 0 Å². The molecule has 0 aromatic rings. The number of hydrogen-bond acceptors (Lipinski definition) is 3. The third kappa shape index (κ3) is 1.63. The zero-order chi connectivity index (χ0) is 9.14. The minimum absolute atomic E-state index is 0.0833. The quantitative estimate of drug-likeness (QED) is 0.643. The van der Waals surface area contributed by atoms with Crippen molar-refractivity contribution in [2.75, 3.05) is 14.2 Å². The molecule has 0 radical (unpaired) electrons. The third-order valence-electron chi connectivity index (χ3n) is 2.49. The summed E-state index contributed by atoms with van der Waals surface area (Å²) in [6, 6.07) is 0. The normalized spacial score (nSPS) is 42.0. The standard InChI is InChI=1S/C9H18O3/c1-5-7-9(11-4)8(10-3)6(2)12-7/h6-9H,5H2,1-4H3/t6-,7+,8+,9?/m0/s1. The fourth-order valence-corrected chi connectivity index (χ4v) is 1.85. The van der Waals surface area contributed by atoms with Crippen molar-refractivity contribution in [3.8, 4) is 0 Å². The topological polar surface area (TPSA) is 27.7 Å². The zero-order valence-electron chi connectivity index (χ0n) is 8.24. The Balaban J connectivity index is 2.61. The van der Waals surface area contributed by atoms with Gasteiger partial charge in [-0.1, -0.05) is 6.92 Å². The van der Waals surface area contributed by atoms with E-state index in [-0.39, 0.29) is 24.4 Å². The second kappa shape index (κ2) is 4.21. The van der Waals surface area contributed by atoms with E-state index in [4.69, 9.17) is 14.2 Å². The Morgan fingerprint density at radius 3 is 2.17 bits per heavy atom. The molecular formula is C9H18O3. The van der Waals surface area contributed by atoms with Gasteiger partial charge in [-0.15, -0.1) is 0 Å². The van der Waals surface area contributed by atoms with Crippen LogP contribution in [0.15, 0.2) is 0 Å². The molecule has 12 heavy (non-hydrogen) atoms. The zero-order valence-corrected chi connectivity index (χ0v) is 8.24. The fourth-order valence-electron chi connectivity index (χ4n) is 1.85. The summed E-state index contributed by atoms with van der Waals surface area (Å²) in [6.07, 6.45) is 1.48. The van der Waals surface area contributed by atoms with Crippen molar-refractivity contribution < 1.29 is 14.2 Å². The summed E-state index contributed by atoms with van der Waals surface area (Å²) in [5, 5.41) is 0. The van der Waals surface area contributed by atoms with Crippen LogP contribution in [0.2, 0.25) is 0 Å². The molecule has 0 saturated carbocycles. The van der Waals surface area contributed by atoms with Crippen LogP contribution in [0.4, 0.5) is 0 Å². The second-order valence-corrected chi connectivity index (χ2v) is 3.19. The largest absolute Gasteiger partial charge is 0.376 e. The molecule has 3 nitrogen and oxygen atoms in total. The SMILES string of the molecule is CC[C@H]1O[C@@H](C)[C@@H](OC)C1OC. The summed E-state index contributed by atoms with van der Waals surface area (Å²) in [5.41, 5.74) is 0. The predicted octanol–water partition coefficient (Wildman–Crippen LogP) is 1.21. The molecule has 1 unspecified atom stereocenters. The van der Waals surface area contributed by atoms with Gasteiger partial charge in [-0.3, -0.25) is 0 Å². The summed E-state index contributed by atoms with van der Waals surface area (Å²) >= 11 is 0. The number of ether oxygens (including phenoxy) is 3. The molecule has 1 aliphatic heterocycles. The van der Waals surface area contributed by atoms with Crippen LogP contribution in [-0.2, 0) is 14.2 Å². The van der Waals surface area contributed by atoms with Gasteiger partial charge in [0, 0.05) is 14.2 Å². The lowest BCUT2D eigenvalue weighted by Gasteiger charge is -2.19. The summed E-state index contributed by atoms with van der Waals surface area (Å²) in [4.78, 5) is 0. The minimum Gasteiger partial charge on any atom is -0.376 e. The van der Waals surface area contributed by atoms with Gasteiger partial charge in [-0.25, -0.2) is 0 Å². The van der Waals surface area contributed by atoms with Crippen molar-refractivity contribution in [1.82, 2.24) is 0 Å². The van der Waals surface area contributed by atoms with E-state index in [1.165, 1.54) is 0 Å². The maximum absolute atomic E-state index is 5.67. The van der Waals surface area contributed by atoms with Gasteiger partial charge in [-0.2, -0.15) is 0 Å². The first-order valence-electron chi connectivity index (χ1n) is 4.45. The van der Waals surface area contributed by atoms with E-state index in [0.29, 0.717) is 0 Å². The molecule has 1 aliphatic rings. The van der Waals surface area contributed by atoms with Crippen LogP contribution in [0.25, 0.3) is 0 Å². The number of hydrogen-bond donors (Lipinski definition) is 0. The molecule has 0 aliphatic carbocycles. The lowest BCUT2D eigenvalue weighted by molar-refractivity contribution is -0.0272. The third-order valence-corrected chi connectivity index (χ3v) is 2.49. The highest BCUT2D eigenvalue weighted by Crippen LogP contribution is 2.27. The molecule has 0 bridgehead atoms. The molecule has 1 heterocycles. The first kappa shape index (κ1) is 9.96. The van der Waals surface area contributed by atoms with E-state index in [2.05, 4.69) is 6.92 Å². The Labute approximate surface area is 74.0 Å². The number of rotatable bonds is 3. The number of methoxy groups -OCH3 is 2. The van der Waals surface area contributed by atoms with E-state index < -0.39 is 0 Å². The summed E-state index contributed by atoms with van der Waals surface area (Å²) in [6.45, 7) is 4.12. The molecule has 3 heteroatoms. The average molecular weight is 174 g/mol. The smallest absolute Gasteiger partial charge is 0.112 e. The molecule has 1 fully saturated rings. The first-order chi connectivity index (χ1) is 5.74. The van der Waals surface area contributed by atoms with Crippen LogP contribution in [-0.4, -0.2) is 38.6 Å². The first-order valence-corrected chi connectivity index (χ1v) is 4.45. The molecule has 72 valence electrons. The van der Waals surface area contributed by atoms with Crippen molar-refractivity contribution in [1.29, 1.82) is 0 Å². The highest BCUT2D eigenvalue weighted by molar-refractivity contribution is 4.89. The molecule has 0 aromatic carbocycles. The fraction of sp³-hybridized carbons (Fsp3) is 1.00. The minimum atomic E-state index is 0.0833. The van der Waals surface area contributed by atoms with Crippen LogP contribution in [0.1, 0.15) is 20.3 Å². The van der Waals surface area contributed by atoms with Gasteiger partial charge < -0.3 is 14.2 Å². The van der Waals surface area contributed by atoms with Crippen LogP contribution in [0.5, 0.6) is 0 Å². The Kier molecular flexibility index (Phi) is 3.50. The van der Waals surface area contributed by atoms with Gasteiger partial charge in [0.25, 0.3) is 0 Å². The summed E-state index contributed by atoms with van der Waals surface area (Å²) in [5.74, 6) is 0. The Hall–Kier alpha value is -0.120. The molecule has 0 N–H and O–H groups in total. The van der Waals surface area contributed by atoms with E-state index in [0.717, 1.165) is 6.42 Å². The van der Waals surface area contributed by atoms with Gasteiger partial charge in [-0.05, 0) is 13.3 Å². The highest BCUT2D eigenvalue weighted by atomic mass is 16.6. The van der Waals surface area contributed by atoms with Gasteiger partial charge in [0.15, 0.2) is 0 Å². The highest BCUT2D eigenvalue weighted by Gasteiger charge is 2.41. The summed E-state index contributed by atoms with van der Waals surface area (Å²) < 4.78 is 16.3.